The molecule has 2 rings (SSSR count). The molecule has 2 aromatic heterocycles. The second-order valence-corrected chi connectivity index (χ2v) is 4.82. The molecule has 1 amide bonds. The average Bonchev–Trinajstić information content (AvgIpc) is 2.72. The lowest BCUT2D eigenvalue weighted by Gasteiger charge is -2.05. The van der Waals surface area contributed by atoms with Gasteiger partial charge in [-0.05, 0) is 25.8 Å². The first-order valence-corrected chi connectivity index (χ1v) is 6.10. The first kappa shape index (κ1) is 13.4. The Kier molecular flexibility index (Phi) is 3.75. The van der Waals surface area contributed by atoms with E-state index in [1.807, 2.05) is 33.8 Å². The molecule has 0 saturated heterocycles. The van der Waals surface area contributed by atoms with Crippen molar-refractivity contribution in [2.24, 2.45) is 5.92 Å². The van der Waals surface area contributed by atoms with E-state index in [0.29, 0.717) is 18.3 Å². The zero-order valence-electron chi connectivity index (χ0n) is 11.5. The van der Waals surface area contributed by atoms with Crippen LogP contribution in [0, 0.1) is 19.8 Å². The van der Waals surface area contributed by atoms with Gasteiger partial charge in [0.05, 0.1) is 6.61 Å². The quantitative estimate of drug-likeness (QED) is 0.834. The highest BCUT2D eigenvalue weighted by atomic mass is 16.7. The molecule has 0 bridgehead atoms. The fourth-order valence-electron chi connectivity index (χ4n) is 1.58. The van der Waals surface area contributed by atoms with Gasteiger partial charge in [0, 0.05) is 11.4 Å². The summed E-state index contributed by atoms with van der Waals surface area (Å²) in [7, 11) is 0. The van der Waals surface area contributed by atoms with Crippen molar-refractivity contribution in [2.75, 3.05) is 6.61 Å². The molecule has 1 N–H and O–H groups in total. The third kappa shape index (κ3) is 3.05. The molecule has 2 aromatic rings. The molecule has 0 unspecified atom stereocenters. The molecule has 0 fully saturated rings. The number of hydrogen-bond acceptors (Lipinski definition) is 5. The zero-order chi connectivity index (χ0) is 14.0. The summed E-state index contributed by atoms with van der Waals surface area (Å²) in [4.78, 5) is 25.1. The lowest BCUT2D eigenvalue weighted by Crippen LogP contribution is -2.26. The molecule has 0 aliphatic carbocycles. The molecule has 0 spiro atoms. The van der Waals surface area contributed by atoms with Gasteiger partial charge in [-0.15, -0.1) is 5.10 Å². The van der Waals surface area contributed by atoms with Crippen LogP contribution in [0.5, 0.6) is 0 Å². The highest BCUT2D eigenvalue weighted by molar-refractivity contribution is 5.89. The normalized spacial score (nSPS) is 11.2. The Morgan fingerprint density at radius 2 is 2.16 bits per heavy atom. The van der Waals surface area contributed by atoms with E-state index in [9.17, 15) is 4.79 Å². The highest BCUT2D eigenvalue weighted by Gasteiger charge is 2.15. The highest BCUT2D eigenvalue weighted by Crippen LogP contribution is 2.05. The van der Waals surface area contributed by atoms with Crippen LogP contribution in [-0.4, -0.2) is 32.1 Å². The molecule has 2 heterocycles. The first-order valence-electron chi connectivity index (χ1n) is 6.10. The number of carbonyl (C=O) groups excluding carboxylic acids is 1. The Balaban J connectivity index is 2.17. The van der Waals surface area contributed by atoms with Gasteiger partial charge in [-0.2, -0.15) is 4.98 Å². The Hall–Kier alpha value is -2.02. The molecular weight excluding hydrogens is 246 g/mol. The maximum atomic E-state index is 11.8. The molecule has 19 heavy (non-hydrogen) atoms. The van der Waals surface area contributed by atoms with Crippen LogP contribution in [-0.2, 0) is 4.84 Å². The van der Waals surface area contributed by atoms with Crippen molar-refractivity contribution in [3.8, 4) is 0 Å². The lowest BCUT2D eigenvalue weighted by atomic mass is 10.2. The van der Waals surface area contributed by atoms with Gasteiger partial charge in [0.2, 0.25) is 5.82 Å². The standard InChI is InChI=1S/C12H17N5O2/c1-7(2)6-19-16-11(18)10-14-12-13-8(3)5-9(4)17(12)15-10/h5,7H,6H2,1-4H3,(H,16,18). The van der Waals surface area contributed by atoms with Gasteiger partial charge < -0.3 is 0 Å². The van der Waals surface area contributed by atoms with Crippen LogP contribution in [0.4, 0.5) is 0 Å². The summed E-state index contributed by atoms with van der Waals surface area (Å²) in [6, 6.07) is 1.87. The summed E-state index contributed by atoms with van der Waals surface area (Å²) in [5, 5.41) is 4.10. The summed E-state index contributed by atoms with van der Waals surface area (Å²) in [6.45, 7) is 8.17. The lowest BCUT2D eigenvalue weighted by molar-refractivity contribution is 0.0201. The van der Waals surface area contributed by atoms with Gasteiger partial charge in [-0.25, -0.2) is 15.0 Å². The monoisotopic (exact) mass is 263 g/mol. The fourth-order valence-corrected chi connectivity index (χ4v) is 1.58. The van der Waals surface area contributed by atoms with Crippen molar-refractivity contribution < 1.29 is 9.63 Å². The number of aromatic nitrogens is 4. The van der Waals surface area contributed by atoms with E-state index in [1.54, 1.807) is 0 Å². The number of amides is 1. The van der Waals surface area contributed by atoms with Crippen LogP contribution in [0.25, 0.3) is 5.78 Å². The van der Waals surface area contributed by atoms with E-state index in [4.69, 9.17) is 4.84 Å². The minimum absolute atomic E-state index is 0.0463. The first-order chi connectivity index (χ1) is 8.97. The largest absolute Gasteiger partial charge is 0.314 e. The summed E-state index contributed by atoms with van der Waals surface area (Å²) in [5.41, 5.74) is 4.03. The van der Waals surface area contributed by atoms with E-state index in [2.05, 4.69) is 20.5 Å². The molecule has 0 aliphatic heterocycles. The minimum Gasteiger partial charge on any atom is -0.273 e. The maximum absolute atomic E-state index is 11.8. The van der Waals surface area contributed by atoms with Crippen LogP contribution in [0.15, 0.2) is 6.07 Å². The third-order valence-electron chi connectivity index (χ3n) is 2.40. The van der Waals surface area contributed by atoms with Crippen LogP contribution >= 0.6 is 0 Å². The molecule has 0 radical (unpaired) electrons. The number of fused-ring (bicyclic) bond motifs is 1. The summed E-state index contributed by atoms with van der Waals surface area (Å²) in [5.74, 6) is 0.320. The van der Waals surface area contributed by atoms with E-state index < -0.39 is 5.91 Å². The van der Waals surface area contributed by atoms with Gasteiger partial charge in [-0.3, -0.25) is 9.63 Å². The Bertz CT molecular complexity index is 605. The second-order valence-electron chi connectivity index (χ2n) is 4.82. The van der Waals surface area contributed by atoms with Crippen LogP contribution in [0.2, 0.25) is 0 Å². The molecule has 0 aliphatic rings. The number of hydrogen-bond donors (Lipinski definition) is 1. The van der Waals surface area contributed by atoms with Crippen molar-refractivity contribution in [1.29, 1.82) is 0 Å². The molecule has 0 aromatic carbocycles. The van der Waals surface area contributed by atoms with Crippen molar-refractivity contribution in [3.05, 3.63) is 23.3 Å². The maximum Gasteiger partial charge on any atom is 0.314 e. The molecule has 7 nitrogen and oxygen atoms in total. The molecule has 7 heteroatoms. The number of rotatable bonds is 4. The van der Waals surface area contributed by atoms with Gasteiger partial charge >= 0.3 is 5.91 Å². The number of hydroxylamine groups is 1. The fraction of sp³-hybridized carbons (Fsp3) is 0.500. The zero-order valence-corrected chi connectivity index (χ0v) is 11.5. The predicted molar refractivity (Wildman–Crippen MR) is 68.5 cm³/mol. The SMILES string of the molecule is Cc1cc(C)n2nc(C(=O)NOCC(C)C)nc2n1. The van der Waals surface area contributed by atoms with E-state index in [0.717, 1.165) is 11.4 Å². The number of nitrogens with zero attached hydrogens (tertiary/aromatic N) is 4. The van der Waals surface area contributed by atoms with E-state index >= 15 is 0 Å². The Labute approximate surface area is 111 Å². The van der Waals surface area contributed by atoms with Crippen LogP contribution < -0.4 is 5.48 Å². The van der Waals surface area contributed by atoms with Gasteiger partial charge in [0.1, 0.15) is 0 Å². The van der Waals surface area contributed by atoms with E-state index in [1.165, 1.54) is 4.52 Å². The summed E-state index contributed by atoms with van der Waals surface area (Å²) in [6.07, 6.45) is 0. The summed E-state index contributed by atoms with van der Waals surface area (Å²) < 4.78 is 1.53. The molecule has 0 saturated carbocycles. The molecule has 102 valence electrons. The topological polar surface area (TPSA) is 81.4 Å². The minimum atomic E-state index is -0.469. The smallest absolute Gasteiger partial charge is 0.273 e. The van der Waals surface area contributed by atoms with Crippen LogP contribution in [0.3, 0.4) is 0 Å². The number of carbonyl (C=O) groups is 1. The number of aryl methyl sites for hydroxylation is 2. The Morgan fingerprint density at radius 3 is 2.84 bits per heavy atom. The van der Waals surface area contributed by atoms with Crippen molar-refractivity contribution in [1.82, 2.24) is 25.1 Å². The summed E-state index contributed by atoms with van der Waals surface area (Å²) >= 11 is 0. The molecule has 0 atom stereocenters. The van der Waals surface area contributed by atoms with Crippen molar-refractivity contribution in [3.63, 3.8) is 0 Å². The third-order valence-corrected chi connectivity index (χ3v) is 2.40. The van der Waals surface area contributed by atoms with Gasteiger partial charge in [0.15, 0.2) is 0 Å². The second kappa shape index (κ2) is 5.31. The predicted octanol–water partition coefficient (Wildman–Crippen LogP) is 1.06. The molecular formula is C12H17N5O2. The van der Waals surface area contributed by atoms with Crippen molar-refractivity contribution >= 4 is 11.7 Å². The van der Waals surface area contributed by atoms with Gasteiger partial charge in [0.25, 0.3) is 5.78 Å². The number of nitrogens with one attached hydrogen (secondary N) is 1. The average molecular weight is 263 g/mol. The van der Waals surface area contributed by atoms with Crippen LogP contribution in [0.1, 0.15) is 35.9 Å². The Morgan fingerprint density at radius 1 is 1.42 bits per heavy atom. The van der Waals surface area contributed by atoms with Crippen molar-refractivity contribution in [2.45, 2.75) is 27.7 Å². The van der Waals surface area contributed by atoms with E-state index in [-0.39, 0.29) is 5.82 Å². The van der Waals surface area contributed by atoms with Gasteiger partial charge in [-0.1, -0.05) is 13.8 Å².